The molecular weight excluding hydrogens is 186 g/mol. The lowest BCUT2D eigenvalue weighted by Crippen LogP contribution is -2.15. The lowest BCUT2D eigenvalue weighted by molar-refractivity contribution is -0.137. The van der Waals surface area contributed by atoms with Crippen LogP contribution < -0.4 is 5.73 Å². The number of furan rings is 1. The highest BCUT2D eigenvalue weighted by Crippen LogP contribution is 2.20. The van der Waals surface area contributed by atoms with Crippen LogP contribution in [0.4, 0.5) is 0 Å². The van der Waals surface area contributed by atoms with Crippen LogP contribution in [-0.4, -0.2) is 18.2 Å². The van der Waals surface area contributed by atoms with E-state index in [-0.39, 0.29) is 6.42 Å². The second kappa shape index (κ2) is 4.78. The molecule has 1 atom stereocenters. The first-order valence-corrected chi connectivity index (χ1v) is 4.17. The second-order valence-corrected chi connectivity index (χ2v) is 2.95. The van der Waals surface area contributed by atoms with Gasteiger partial charge in [-0.1, -0.05) is 0 Å². The van der Waals surface area contributed by atoms with Crippen molar-refractivity contribution in [3.05, 3.63) is 23.7 Å². The number of carboxylic acids is 1. The Hall–Kier alpha value is -1.33. The Morgan fingerprint density at radius 3 is 3.07 bits per heavy atom. The molecule has 1 aromatic heterocycles. The number of hydrogen-bond donors (Lipinski definition) is 2. The van der Waals surface area contributed by atoms with Gasteiger partial charge in [-0.3, -0.25) is 4.79 Å². The van der Waals surface area contributed by atoms with Crippen molar-refractivity contribution in [1.29, 1.82) is 0 Å². The maximum absolute atomic E-state index is 10.4. The topological polar surface area (TPSA) is 85.7 Å². The molecule has 0 saturated carbocycles. The zero-order valence-corrected chi connectivity index (χ0v) is 7.90. The molecular formula is C9H13NO4. The van der Waals surface area contributed by atoms with Crippen molar-refractivity contribution in [2.45, 2.75) is 19.1 Å². The van der Waals surface area contributed by atoms with Crippen molar-refractivity contribution >= 4 is 5.97 Å². The van der Waals surface area contributed by atoms with E-state index in [0.717, 1.165) is 5.56 Å². The molecule has 0 aliphatic carbocycles. The molecule has 5 heteroatoms. The molecule has 0 saturated heterocycles. The fourth-order valence-electron chi connectivity index (χ4n) is 1.23. The van der Waals surface area contributed by atoms with E-state index < -0.39 is 12.0 Å². The van der Waals surface area contributed by atoms with Crippen LogP contribution in [0.5, 0.6) is 0 Å². The van der Waals surface area contributed by atoms with Crippen LogP contribution in [0.25, 0.3) is 0 Å². The summed E-state index contributed by atoms with van der Waals surface area (Å²) in [7, 11) is 1.56. The van der Waals surface area contributed by atoms with Crippen LogP contribution in [0.1, 0.15) is 23.8 Å². The molecule has 0 aliphatic heterocycles. The van der Waals surface area contributed by atoms with Crippen molar-refractivity contribution in [3.8, 4) is 0 Å². The van der Waals surface area contributed by atoms with E-state index in [4.69, 9.17) is 20.0 Å². The molecule has 0 amide bonds. The molecule has 0 spiro atoms. The van der Waals surface area contributed by atoms with Gasteiger partial charge in [-0.2, -0.15) is 0 Å². The molecule has 0 aromatic carbocycles. The Balaban J connectivity index is 2.72. The SMILES string of the molecule is COCc1ccoc1C(N)CC(=O)O. The van der Waals surface area contributed by atoms with Gasteiger partial charge in [-0.05, 0) is 6.07 Å². The van der Waals surface area contributed by atoms with Crippen molar-refractivity contribution in [3.63, 3.8) is 0 Å². The van der Waals surface area contributed by atoms with Gasteiger partial charge in [0.2, 0.25) is 0 Å². The summed E-state index contributed by atoms with van der Waals surface area (Å²) in [5.74, 6) is -0.466. The number of hydrogen-bond acceptors (Lipinski definition) is 4. The van der Waals surface area contributed by atoms with Crippen LogP contribution >= 0.6 is 0 Å². The molecule has 78 valence electrons. The molecule has 0 radical (unpaired) electrons. The summed E-state index contributed by atoms with van der Waals surface area (Å²) in [5.41, 5.74) is 6.43. The summed E-state index contributed by atoms with van der Waals surface area (Å²) in [6.45, 7) is 0.374. The number of carbonyl (C=O) groups is 1. The molecule has 14 heavy (non-hydrogen) atoms. The Labute approximate surface area is 81.5 Å². The molecule has 0 fully saturated rings. The normalized spacial score (nSPS) is 12.7. The maximum atomic E-state index is 10.4. The van der Waals surface area contributed by atoms with Crippen LogP contribution in [0, 0.1) is 0 Å². The minimum Gasteiger partial charge on any atom is -0.481 e. The summed E-state index contributed by atoms with van der Waals surface area (Å²) in [6, 6.07) is 1.10. The van der Waals surface area contributed by atoms with Crippen LogP contribution in [-0.2, 0) is 16.1 Å². The van der Waals surface area contributed by atoms with E-state index in [1.165, 1.54) is 6.26 Å². The fraction of sp³-hybridized carbons (Fsp3) is 0.444. The van der Waals surface area contributed by atoms with E-state index in [0.29, 0.717) is 12.4 Å². The maximum Gasteiger partial charge on any atom is 0.305 e. The zero-order chi connectivity index (χ0) is 10.6. The molecule has 1 heterocycles. The Morgan fingerprint density at radius 1 is 1.79 bits per heavy atom. The van der Waals surface area contributed by atoms with E-state index in [9.17, 15) is 4.79 Å². The molecule has 3 N–H and O–H groups in total. The van der Waals surface area contributed by atoms with Crippen LogP contribution in [0.15, 0.2) is 16.7 Å². The van der Waals surface area contributed by atoms with Gasteiger partial charge in [0, 0.05) is 12.7 Å². The molecule has 0 aliphatic rings. The highest BCUT2D eigenvalue weighted by Gasteiger charge is 2.17. The van der Waals surface area contributed by atoms with Crippen molar-refractivity contribution < 1.29 is 19.1 Å². The number of nitrogens with two attached hydrogens (primary N) is 1. The van der Waals surface area contributed by atoms with Gasteiger partial charge in [0.25, 0.3) is 0 Å². The van der Waals surface area contributed by atoms with E-state index in [2.05, 4.69) is 0 Å². The van der Waals surface area contributed by atoms with Gasteiger partial charge in [0.15, 0.2) is 0 Å². The number of aliphatic carboxylic acids is 1. The standard InChI is InChI=1S/C9H13NO4/c1-13-5-6-2-3-14-9(6)7(10)4-8(11)12/h2-3,7H,4-5,10H2,1H3,(H,11,12). The second-order valence-electron chi connectivity index (χ2n) is 2.95. The number of rotatable bonds is 5. The summed E-state index contributed by atoms with van der Waals surface area (Å²) < 4.78 is 10.0. The number of carboxylic acid groups (broad SMARTS) is 1. The van der Waals surface area contributed by atoms with E-state index in [1.807, 2.05) is 0 Å². The van der Waals surface area contributed by atoms with Gasteiger partial charge in [-0.15, -0.1) is 0 Å². The highest BCUT2D eigenvalue weighted by atomic mass is 16.5. The quantitative estimate of drug-likeness (QED) is 0.735. The minimum atomic E-state index is -0.947. The van der Waals surface area contributed by atoms with E-state index in [1.54, 1.807) is 13.2 Å². The summed E-state index contributed by atoms with van der Waals surface area (Å²) in [4.78, 5) is 10.4. The number of methoxy groups -OCH3 is 1. The third kappa shape index (κ3) is 2.58. The minimum absolute atomic E-state index is 0.149. The molecule has 5 nitrogen and oxygen atoms in total. The van der Waals surface area contributed by atoms with Gasteiger partial charge >= 0.3 is 5.97 Å². The first kappa shape index (κ1) is 10.7. The number of ether oxygens (including phenoxy) is 1. The molecule has 1 rings (SSSR count). The Bertz CT molecular complexity index is 308. The molecule has 0 bridgehead atoms. The summed E-state index contributed by atoms with van der Waals surface area (Å²) in [5, 5.41) is 8.55. The van der Waals surface area contributed by atoms with Gasteiger partial charge < -0.3 is 20.0 Å². The predicted octanol–water partition coefficient (Wildman–Crippen LogP) is 0.901. The van der Waals surface area contributed by atoms with Crippen molar-refractivity contribution in [1.82, 2.24) is 0 Å². The lowest BCUT2D eigenvalue weighted by atomic mass is 10.1. The first-order chi connectivity index (χ1) is 6.65. The van der Waals surface area contributed by atoms with Crippen LogP contribution in [0.3, 0.4) is 0 Å². The van der Waals surface area contributed by atoms with Crippen molar-refractivity contribution in [2.75, 3.05) is 7.11 Å². The van der Waals surface area contributed by atoms with Gasteiger partial charge in [-0.25, -0.2) is 0 Å². The molecule has 1 aromatic rings. The van der Waals surface area contributed by atoms with Gasteiger partial charge in [0.05, 0.1) is 25.3 Å². The van der Waals surface area contributed by atoms with Crippen molar-refractivity contribution in [2.24, 2.45) is 5.73 Å². The largest absolute Gasteiger partial charge is 0.481 e. The fourth-order valence-corrected chi connectivity index (χ4v) is 1.23. The third-order valence-corrected chi connectivity index (χ3v) is 1.81. The summed E-state index contributed by atoms with van der Waals surface area (Å²) >= 11 is 0. The Kier molecular flexibility index (Phi) is 3.67. The monoisotopic (exact) mass is 199 g/mol. The average molecular weight is 199 g/mol. The Morgan fingerprint density at radius 2 is 2.50 bits per heavy atom. The van der Waals surface area contributed by atoms with Gasteiger partial charge in [0.1, 0.15) is 5.76 Å². The third-order valence-electron chi connectivity index (χ3n) is 1.81. The molecule has 1 unspecified atom stereocenters. The smallest absolute Gasteiger partial charge is 0.305 e. The van der Waals surface area contributed by atoms with Crippen LogP contribution in [0.2, 0.25) is 0 Å². The average Bonchev–Trinajstić information content (AvgIpc) is 2.51. The summed E-state index contributed by atoms with van der Waals surface area (Å²) in [6.07, 6.45) is 1.33. The highest BCUT2D eigenvalue weighted by molar-refractivity contribution is 5.67. The van der Waals surface area contributed by atoms with E-state index >= 15 is 0 Å². The predicted molar refractivity (Wildman–Crippen MR) is 48.6 cm³/mol. The lowest BCUT2D eigenvalue weighted by Gasteiger charge is -2.07. The first-order valence-electron chi connectivity index (χ1n) is 4.17. The zero-order valence-electron chi connectivity index (χ0n) is 7.90.